The van der Waals surface area contributed by atoms with Gasteiger partial charge in [-0.1, -0.05) is 20.8 Å². The van der Waals surface area contributed by atoms with E-state index in [9.17, 15) is 0 Å². The first-order valence-electron chi connectivity index (χ1n) is 10.9. The Labute approximate surface area is 186 Å². The average molecular weight is 489 g/mol. The van der Waals surface area contributed by atoms with Crippen LogP contribution in [0.2, 0.25) is 30.2 Å². The highest BCUT2D eigenvalue weighted by atomic mass is 28.4. The minimum Gasteiger partial charge on any atom is -0.386 e. The Balaban J connectivity index is 5.34. The fourth-order valence-electron chi connectivity index (χ4n) is 3.83. The second kappa shape index (κ2) is 14.4. The molecular formula is C19H45FO7Si3. The van der Waals surface area contributed by atoms with Crippen LogP contribution in [0.4, 0.5) is 4.39 Å². The van der Waals surface area contributed by atoms with Gasteiger partial charge in [-0.3, -0.25) is 0 Å². The van der Waals surface area contributed by atoms with Crippen molar-refractivity contribution in [1.29, 1.82) is 0 Å². The molecule has 0 radical (unpaired) electrons. The minimum absolute atomic E-state index is 0.272. The van der Waals surface area contributed by atoms with Gasteiger partial charge in [-0.05, 0) is 31.0 Å². The van der Waals surface area contributed by atoms with Gasteiger partial charge in [0.15, 0.2) is 14.2 Å². The maximum atomic E-state index is 16.2. The molecule has 0 atom stereocenters. The maximum absolute atomic E-state index is 16.2. The van der Waals surface area contributed by atoms with Gasteiger partial charge in [0, 0.05) is 67.6 Å². The molecule has 182 valence electrons. The van der Waals surface area contributed by atoms with E-state index < -0.39 is 31.8 Å². The monoisotopic (exact) mass is 488 g/mol. The minimum atomic E-state index is -2.74. The number of alkyl halides is 1. The second-order valence-electron chi connectivity index (χ2n) is 7.53. The summed E-state index contributed by atoms with van der Waals surface area (Å²) < 4.78 is 55.5. The molecule has 0 heterocycles. The van der Waals surface area contributed by atoms with Gasteiger partial charge in [0.25, 0.3) is 0 Å². The molecule has 0 aliphatic rings. The van der Waals surface area contributed by atoms with Crippen LogP contribution in [-0.4, -0.2) is 74.4 Å². The lowest BCUT2D eigenvalue weighted by molar-refractivity contribution is -0.0874. The molecule has 0 aliphatic heterocycles. The fourth-order valence-corrected chi connectivity index (χ4v) is 10.2. The molecule has 0 fully saturated rings. The SMILES string of the molecule is CC[Si](CC)(CC)OC(F)(CCC[Si](OC)(OC)OC)CCC[Si](OC)(OC)OC. The molecule has 0 rings (SSSR count). The quantitative estimate of drug-likeness (QED) is 0.237. The normalized spacial score (nSPS) is 13.8. The molecule has 0 aromatic rings. The molecule has 0 spiro atoms. The van der Waals surface area contributed by atoms with E-state index in [0.29, 0.717) is 24.9 Å². The lowest BCUT2D eigenvalue weighted by Gasteiger charge is -2.38. The zero-order chi connectivity index (χ0) is 23.3. The van der Waals surface area contributed by atoms with Gasteiger partial charge in [-0.2, -0.15) is 0 Å². The first-order chi connectivity index (χ1) is 14.2. The highest BCUT2D eigenvalue weighted by Crippen LogP contribution is 2.37. The first-order valence-corrected chi connectivity index (χ1v) is 17.3. The van der Waals surface area contributed by atoms with Crippen LogP contribution in [0.5, 0.6) is 0 Å². The van der Waals surface area contributed by atoms with Crippen LogP contribution in [0, 0.1) is 0 Å². The highest BCUT2D eigenvalue weighted by molar-refractivity contribution is 6.73. The molecule has 0 aromatic carbocycles. The van der Waals surface area contributed by atoms with Crippen molar-refractivity contribution in [3.63, 3.8) is 0 Å². The molecule has 0 saturated heterocycles. The van der Waals surface area contributed by atoms with Crippen molar-refractivity contribution in [1.82, 2.24) is 0 Å². The Kier molecular flexibility index (Phi) is 14.6. The Morgan fingerprint density at radius 1 is 0.600 bits per heavy atom. The predicted molar refractivity (Wildman–Crippen MR) is 124 cm³/mol. The van der Waals surface area contributed by atoms with Gasteiger partial charge >= 0.3 is 17.6 Å². The molecular weight excluding hydrogens is 443 g/mol. The van der Waals surface area contributed by atoms with Crippen molar-refractivity contribution in [2.24, 2.45) is 0 Å². The maximum Gasteiger partial charge on any atom is 0.500 e. The number of hydrogen-bond donors (Lipinski definition) is 0. The molecule has 0 aliphatic carbocycles. The van der Waals surface area contributed by atoms with Crippen molar-refractivity contribution in [2.75, 3.05) is 42.7 Å². The van der Waals surface area contributed by atoms with Gasteiger partial charge in [-0.15, -0.1) is 0 Å². The summed E-state index contributed by atoms with van der Waals surface area (Å²) in [6.07, 6.45) is 1.66. The predicted octanol–water partition coefficient (Wildman–Crippen LogP) is 4.99. The second-order valence-corrected chi connectivity index (χ2v) is 18.4. The Morgan fingerprint density at radius 2 is 0.900 bits per heavy atom. The van der Waals surface area contributed by atoms with Gasteiger partial charge in [-0.25, -0.2) is 4.39 Å². The number of rotatable bonds is 19. The van der Waals surface area contributed by atoms with Crippen molar-refractivity contribution in [2.45, 2.75) is 82.5 Å². The zero-order valence-electron chi connectivity index (χ0n) is 20.6. The topological polar surface area (TPSA) is 64.6 Å². The van der Waals surface area contributed by atoms with Gasteiger partial charge in [0.1, 0.15) is 0 Å². The summed E-state index contributed by atoms with van der Waals surface area (Å²) in [6, 6.07) is 3.76. The van der Waals surface area contributed by atoms with E-state index in [4.69, 9.17) is 31.0 Å². The first kappa shape index (κ1) is 30.3. The van der Waals surface area contributed by atoms with Crippen LogP contribution in [0.15, 0.2) is 0 Å². The van der Waals surface area contributed by atoms with Crippen molar-refractivity contribution in [3.8, 4) is 0 Å². The Morgan fingerprint density at radius 3 is 1.13 bits per heavy atom. The van der Waals surface area contributed by atoms with Crippen LogP contribution in [0.3, 0.4) is 0 Å². The summed E-state index contributed by atoms with van der Waals surface area (Å²) in [5, 5.41) is 0. The smallest absolute Gasteiger partial charge is 0.386 e. The van der Waals surface area contributed by atoms with Gasteiger partial charge in [0.05, 0.1) is 0 Å². The average Bonchev–Trinajstić information content (AvgIpc) is 2.79. The van der Waals surface area contributed by atoms with E-state index in [1.165, 1.54) is 0 Å². The Hall–Kier alpha value is 0.301. The molecule has 0 unspecified atom stereocenters. The van der Waals surface area contributed by atoms with E-state index >= 15 is 4.39 Å². The largest absolute Gasteiger partial charge is 0.500 e. The van der Waals surface area contributed by atoms with E-state index in [2.05, 4.69) is 20.8 Å². The number of halogens is 1. The van der Waals surface area contributed by atoms with Crippen molar-refractivity contribution >= 4 is 25.9 Å². The van der Waals surface area contributed by atoms with Crippen LogP contribution in [0.25, 0.3) is 0 Å². The summed E-state index contributed by atoms with van der Waals surface area (Å²) in [5.74, 6) is -1.71. The lowest BCUT2D eigenvalue weighted by Crippen LogP contribution is -2.47. The van der Waals surface area contributed by atoms with E-state index in [1.807, 2.05) is 0 Å². The van der Waals surface area contributed by atoms with E-state index in [-0.39, 0.29) is 12.8 Å². The van der Waals surface area contributed by atoms with Crippen LogP contribution >= 0.6 is 0 Å². The third kappa shape index (κ3) is 8.68. The lowest BCUT2D eigenvalue weighted by atomic mass is 10.1. The molecule has 0 aromatic heterocycles. The van der Waals surface area contributed by atoms with Crippen molar-refractivity contribution < 1.29 is 35.4 Å². The third-order valence-electron chi connectivity index (χ3n) is 6.26. The molecule has 0 N–H and O–H groups in total. The van der Waals surface area contributed by atoms with Crippen LogP contribution < -0.4 is 0 Å². The summed E-state index contributed by atoms with van der Waals surface area (Å²) in [4.78, 5) is 0. The molecule has 11 heteroatoms. The zero-order valence-corrected chi connectivity index (χ0v) is 23.6. The molecule has 0 amide bonds. The van der Waals surface area contributed by atoms with Crippen molar-refractivity contribution in [3.05, 3.63) is 0 Å². The standard InChI is InChI=1S/C19H45FO7Si3/c1-10-28(11-2,12-3)27-19(20,15-13-17-29(21-4,22-5)23-6)16-14-18-30(24-7,25-8)26-9/h10-18H2,1-9H3. The highest BCUT2D eigenvalue weighted by Gasteiger charge is 2.44. The summed E-state index contributed by atoms with van der Waals surface area (Å²) in [7, 11) is 1.83. The summed E-state index contributed by atoms with van der Waals surface area (Å²) in [6.45, 7) is 6.32. The summed E-state index contributed by atoms with van der Waals surface area (Å²) in [5.41, 5.74) is 0. The van der Waals surface area contributed by atoms with Crippen LogP contribution in [-0.2, 0) is 31.0 Å². The van der Waals surface area contributed by atoms with Gasteiger partial charge in [0.2, 0.25) is 0 Å². The third-order valence-corrected chi connectivity index (χ3v) is 16.6. The molecule has 0 bridgehead atoms. The van der Waals surface area contributed by atoms with E-state index in [1.54, 1.807) is 42.7 Å². The molecule has 7 nitrogen and oxygen atoms in total. The number of hydrogen-bond acceptors (Lipinski definition) is 7. The summed E-state index contributed by atoms with van der Waals surface area (Å²) >= 11 is 0. The molecule has 0 saturated carbocycles. The van der Waals surface area contributed by atoms with E-state index in [0.717, 1.165) is 18.1 Å². The van der Waals surface area contributed by atoms with Gasteiger partial charge < -0.3 is 31.0 Å². The van der Waals surface area contributed by atoms with Crippen LogP contribution in [0.1, 0.15) is 46.5 Å². The fraction of sp³-hybridized carbons (Fsp3) is 1.00. The molecule has 30 heavy (non-hydrogen) atoms. The Bertz CT molecular complexity index is 397.